The Balaban J connectivity index is 1.73. The first-order valence-electron chi connectivity index (χ1n) is 7.91. The zero-order valence-electron chi connectivity index (χ0n) is 14.2. The molecular formula is C17H21N3O5. The molecule has 1 aliphatic rings. The fourth-order valence-electron chi connectivity index (χ4n) is 2.28. The molecule has 8 nitrogen and oxygen atoms in total. The Labute approximate surface area is 145 Å². The van der Waals surface area contributed by atoms with Gasteiger partial charge in [0, 0.05) is 19.2 Å². The van der Waals surface area contributed by atoms with E-state index in [1.54, 1.807) is 12.1 Å². The summed E-state index contributed by atoms with van der Waals surface area (Å²) in [6.45, 7) is 1.31. The van der Waals surface area contributed by atoms with Gasteiger partial charge in [-0.25, -0.2) is 4.79 Å². The molecule has 0 spiro atoms. The second-order valence-electron chi connectivity index (χ2n) is 5.93. The van der Waals surface area contributed by atoms with Crippen LogP contribution in [0.5, 0.6) is 0 Å². The lowest BCUT2D eigenvalue weighted by molar-refractivity contribution is -0.153. The number of anilines is 1. The normalized spacial score (nSPS) is 16.1. The smallest absolute Gasteiger partial charge is 0.329 e. The SMILES string of the molecule is Cc1ccc(NC(=O)CN(C)C(=O)COC(=O)[C@@H]2CCC(=O)N2)cc1. The van der Waals surface area contributed by atoms with E-state index >= 15 is 0 Å². The maximum Gasteiger partial charge on any atom is 0.329 e. The van der Waals surface area contributed by atoms with Crippen LogP contribution >= 0.6 is 0 Å². The van der Waals surface area contributed by atoms with E-state index in [0.717, 1.165) is 5.56 Å². The van der Waals surface area contributed by atoms with Gasteiger partial charge in [-0.2, -0.15) is 0 Å². The molecule has 2 N–H and O–H groups in total. The molecule has 1 aliphatic heterocycles. The summed E-state index contributed by atoms with van der Waals surface area (Å²) >= 11 is 0. The molecule has 0 aromatic heterocycles. The van der Waals surface area contributed by atoms with Gasteiger partial charge in [-0.3, -0.25) is 14.4 Å². The molecule has 1 saturated heterocycles. The Morgan fingerprint density at radius 3 is 2.56 bits per heavy atom. The number of rotatable bonds is 6. The molecule has 0 unspecified atom stereocenters. The monoisotopic (exact) mass is 347 g/mol. The fourth-order valence-corrected chi connectivity index (χ4v) is 2.28. The zero-order chi connectivity index (χ0) is 18.4. The first-order valence-corrected chi connectivity index (χ1v) is 7.91. The molecule has 1 fully saturated rings. The summed E-state index contributed by atoms with van der Waals surface area (Å²) in [5.41, 5.74) is 1.71. The van der Waals surface area contributed by atoms with Gasteiger partial charge in [-0.05, 0) is 25.5 Å². The lowest BCUT2D eigenvalue weighted by Crippen LogP contribution is -2.40. The number of amides is 3. The predicted molar refractivity (Wildman–Crippen MR) is 89.6 cm³/mol. The summed E-state index contributed by atoms with van der Waals surface area (Å²) in [5, 5.41) is 5.15. The van der Waals surface area contributed by atoms with Crippen LogP contribution in [0.4, 0.5) is 5.69 Å². The number of benzene rings is 1. The second kappa shape index (κ2) is 8.27. The fraction of sp³-hybridized carbons (Fsp3) is 0.412. The number of nitrogens with zero attached hydrogens (tertiary/aromatic N) is 1. The van der Waals surface area contributed by atoms with Crippen molar-refractivity contribution in [2.75, 3.05) is 25.5 Å². The van der Waals surface area contributed by atoms with E-state index in [9.17, 15) is 19.2 Å². The Kier molecular flexibility index (Phi) is 6.10. The molecular weight excluding hydrogens is 326 g/mol. The van der Waals surface area contributed by atoms with Crippen LogP contribution in [0.2, 0.25) is 0 Å². The van der Waals surface area contributed by atoms with Crippen molar-refractivity contribution < 1.29 is 23.9 Å². The standard InChI is InChI=1S/C17H21N3O5/c1-11-3-5-12(6-4-11)18-15(22)9-20(2)16(23)10-25-17(24)13-7-8-14(21)19-13/h3-6,13H,7-10H2,1-2H3,(H,18,22)(H,19,21)/t13-/m0/s1. The molecule has 3 amide bonds. The van der Waals surface area contributed by atoms with Crippen LogP contribution in [0.15, 0.2) is 24.3 Å². The minimum Gasteiger partial charge on any atom is -0.454 e. The predicted octanol–water partition coefficient (Wildman–Crippen LogP) is 0.214. The third-order valence-electron chi connectivity index (χ3n) is 3.76. The van der Waals surface area contributed by atoms with E-state index in [-0.39, 0.29) is 24.8 Å². The van der Waals surface area contributed by atoms with Gasteiger partial charge >= 0.3 is 5.97 Å². The van der Waals surface area contributed by atoms with Gasteiger partial charge in [-0.15, -0.1) is 0 Å². The minimum absolute atomic E-state index is 0.162. The minimum atomic E-state index is -0.699. The summed E-state index contributed by atoms with van der Waals surface area (Å²) in [6, 6.07) is 6.58. The van der Waals surface area contributed by atoms with Crippen molar-refractivity contribution in [3.63, 3.8) is 0 Å². The van der Waals surface area contributed by atoms with Crippen LogP contribution in [-0.2, 0) is 23.9 Å². The summed E-state index contributed by atoms with van der Waals surface area (Å²) in [5.74, 6) is -1.71. The van der Waals surface area contributed by atoms with Crippen molar-refractivity contribution in [1.29, 1.82) is 0 Å². The van der Waals surface area contributed by atoms with Crippen molar-refractivity contribution in [3.8, 4) is 0 Å². The van der Waals surface area contributed by atoms with Crippen LogP contribution in [0.3, 0.4) is 0 Å². The summed E-state index contributed by atoms with van der Waals surface area (Å²) in [4.78, 5) is 47.8. The van der Waals surface area contributed by atoms with Crippen molar-refractivity contribution in [3.05, 3.63) is 29.8 Å². The molecule has 1 aromatic rings. The molecule has 0 saturated carbocycles. The van der Waals surface area contributed by atoms with E-state index < -0.39 is 24.5 Å². The van der Waals surface area contributed by atoms with Gasteiger partial charge in [0.05, 0.1) is 6.54 Å². The maximum absolute atomic E-state index is 11.9. The van der Waals surface area contributed by atoms with Gasteiger partial charge in [0.1, 0.15) is 6.04 Å². The van der Waals surface area contributed by atoms with E-state index in [1.807, 2.05) is 19.1 Å². The maximum atomic E-state index is 11.9. The van der Waals surface area contributed by atoms with Gasteiger partial charge in [0.15, 0.2) is 6.61 Å². The average Bonchev–Trinajstić information content (AvgIpc) is 3.00. The molecule has 134 valence electrons. The first kappa shape index (κ1) is 18.4. The summed E-state index contributed by atoms with van der Waals surface area (Å²) in [6.07, 6.45) is 0.632. The number of ether oxygens (including phenoxy) is 1. The highest BCUT2D eigenvalue weighted by molar-refractivity contribution is 5.95. The van der Waals surface area contributed by atoms with Crippen LogP contribution in [0.25, 0.3) is 0 Å². The Morgan fingerprint density at radius 2 is 1.96 bits per heavy atom. The molecule has 1 atom stereocenters. The van der Waals surface area contributed by atoms with Crippen LogP contribution < -0.4 is 10.6 Å². The second-order valence-corrected chi connectivity index (χ2v) is 5.93. The Hall–Kier alpha value is -2.90. The molecule has 0 radical (unpaired) electrons. The lowest BCUT2D eigenvalue weighted by Gasteiger charge is -2.17. The van der Waals surface area contributed by atoms with Gasteiger partial charge in [0.25, 0.3) is 5.91 Å². The number of aryl methyl sites for hydroxylation is 1. The average molecular weight is 347 g/mol. The van der Waals surface area contributed by atoms with Crippen molar-refractivity contribution in [2.24, 2.45) is 0 Å². The first-order chi connectivity index (χ1) is 11.8. The Bertz CT molecular complexity index is 671. The molecule has 2 rings (SSSR count). The van der Waals surface area contributed by atoms with E-state index in [2.05, 4.69) is 10.6 Å². The number of nitrogens with one attached hydrogen (secondary N) is 2. The van der Waals surface area contributed by atoms with Crippen molar-refractivity contribution >= 4 is 29.4 Å². The number of esters is 1. The van der Waals surface area contributed by atoms with Crippen LogP contribution in [0, 0.1) is 6.92 Å². The van der Waals surface area contributed by atoms with Crippen molar-refractivity contribution in [1.82, 2.24) is 10.2 Å². The highest BCUT2D eigenvalue weighted by Gasteiger charge is 2.29. The number of carbonyl (C=O) groups excluding carboxylic acids is 4. The largest absolute Gasteiger partial charge is 0.454 e. The Morgan fingerprint density at radius 1 is 1.28 bits per heavy atom. The molecule has 1 aromatic carbocycles. The number of likely N-dealkylation sites (N-methyl/N-ethyl adjacent to an activating group) is 1. The molecule has 0 bridgehead atoms. The number of hydrogen-bond donors (Lipinski definition) is 2. The topological polar surface area (TPSA) is 105 Å². The molecule has 0 aliphatic carbocycles. The third kappa shape index (κ3) is 5.59. The highest BCUT2D eigenvalue weighted by Crippen LogP contribution is 2.09. The molecule has 1 heterocycles. The van der Waals surface area contributed by atoms with E-state index in [0.29, 0.717) is 12.1 Å². The molecule has 25 heavy (non-hydrogen) atoms. The number of carbonyl (C=O) groups is 4. The van der Waals surface area contributed by atoms with Crippen molar-refractivity contribution in [2.45, 2.75) is 25.8 Å². The third-order valence-corrected chi connectivity index (χ3v) is 3.76. The summed E-state index contributed by atoms with van der Waals surface area (Å²) in [7, 11) is 1.45. The van der Waals surface area contributed by atoms with Gasteiger partial charge in [0.2, 0.25) is 11.8 Å². The zero-order valence-corrected chi connectivity index (χ0v) is 14.2. The molecule has 8 heteroatoms. The van der Waals surface area contributed by atoms with Crippen LogP contribution in [0.1, 0.15) is 18.4 Å². The summed E-state index contributed by atoms with van der Waals surface area (Å²) < 4.78 is 4.89. The highest BCUT2D eigenvalue weighted by atomic mass is 16.5. The van der Waals surface area contributed by atoms with Gasteiger partial charge in [-0.1, -0.05) is 17.7 Å². The van der Waals surface area contributed by atoms with Crippen LogP contribution in [-0.4, -0.2) is 54.8 Å². The van der Waals surface area contributed by atoms with Gasteiger partial charge < -0.3 is 20.3 Å². The number of hydrogen-bond acceptors (Lipinski definition) is 5. The van der Waals surface area contributed by atoms with E-state index in [1.165, 1.54) is 11.9 Å². The van der Waals surface area contributed by atoms with E-state index in [4.69, 9.17) is 4.74 Å². The quantitative estimate of drug-likeness (QED) is 0.716. The lowest BCUT2D eigenvalue weighted by atomic mass is 10.2.